The monoisotopic (exact) mass is 622 g/mol. The van der Waals surface area contributed by atoms with Gasteiger partial charge in [0.1, 0.15) is 0 Å². The Labute approximate surface area is 229 Å². The molecular weight excluding hydrogens is 569 g/mol. The first-order valence-corrected chi connectivity index (χ1v) is 43.4. The van der Waals surface area contributed by atoms with Crippen molar-refractivity contribution in [1.82, 2.24) is 0 Å². The Kier molecular flexibility index (Phi) is 8.91. The van der Waals surface area contributed by atoms with Crippen LogP contribution in [0.2, 0.25) is 91.7 Å². The van der Waals surface area contributed by atoms with Crippen LogP contribution < -0.4 is 10.4 Å². The molecule has 2 aromatic rings. The lowest BCUT2D eigenvalue weighted by atomic mass is 10.4. The highest BCUT2D eigenvalue weighted by Gasteiger charge is 2.80. The molecule has 0 fully saturated rings. The van der Waals surface area contributed by atoms with Crippen LogP contribution in [0.5, 0.6) is 0 Å². The Hall–Kier alpha value is 0.0951. The van der Waals surface area contributed by atoms with Crippen LogP contribution in [0.1, 0.15) is 0 Å². The Balaban J connectivity index is 3.24. The first-order chi connectivity index (χ1) is 16.0. The van der Waals surface area contributed by atoms with Crippen LogP contribution in [-0.4, -0.2) is 67.9 Å². The van der Waals surface area contributed by atoms with Crippen LogP contribution >= 0.6 is 0 Å². The van der Waals surface area contributed by atoms with E-state index in [1.54, 1.807) is 0 Å². The summed E-state index contributed by atoms with van der Waals surface area (Å²) in [5.74, 6) is 0. The van der Waals surface area contributed by atoms with Gasteiger partial charge >= 0.3 is 0 Å². The van der Waals surface area contributed by atoms with Crippen molar-refractivity contribution in [1.29, 1.82) is 0 Å². The van der Waals surface area contributed by atoms with E-state index in [2.05, 4.69) is 152 Å². The molecule has 0 saturated carbocycles. The first kappa shape index (κ1) is 32.3. The summed E-state index contributed by atoms with van der Waals surface area (Å²) < 4.78 is 0. The smallest absolute Gasteiger partial charge is 0.189 e. The van der Waals surface area contributed by atoms with Crippen LogP contribution in [-0.2, 0) is 0 Å². The summed E-state index contributed by atoms with van der Waals surface area (Å²) in [5.41, 5.74) is 0. The Morgan fingerprint density at radius 1 is 0.361 bits per heavy atom. The van der Waals surface area contributed by atoms with Crippen molar-refractivity contribution in [2.24, 2.45) is 0 Å². The van der Waals surface area contributed by atoms with Gasteiger partial charge in [0.25, 0.3) is 0 Å². The molecule has 0 aromatic heterocycles. The largest absolute Gasteiger partial charge is 0.435 e. The van der Waals surface area contributed by atoms with Crippen LogP contribution in [0, 0.1) is 0 Å². The fourth-order valence-electron chi connectivity index (χ4n) is 9.57. The number of hydrogen-bond acceptors (Lipinski definition) is 2. The highest BCUT2D eigenvalue weighted by atomic mass is 30.2. The minimum atomic E-state index is -3.17. The standard InChI is InChI=1S/C26H54O2Si8/c1-29(2,3)35(30(4,5)6,25-21-17-15-18-22-25)33(13,27)34(14,28)36(31(7,8)9,32(10,11)12)26-23-19-16-20-24-26/h15-24,27-28H,1-14H3. The maximum atomic E-state index is 13.8. The van der Waals surface area contributed by atoms with Crippen molar-refractivity contribution < 1.29 is 9.59 Å². The molecule has 0 spiro atoms. The third-order valence-electron chi connectivity index (χ3n) is 9.32. The quantitative estimate of drug-likeness (QED) is 0.351. The molecule has 0 aliphatic rings. The van der Waals surface area contributed by atoms with Gasteiger partial charge < -0.3 is 9.59 Å². The zero-order chi connectivity index (χ0) is 28.2. The summed E-state index contributed by atoms with van der Waals surface area (Å²) >= 11 is 0. The summed E-state index contributed by atoms with van der Waals surface area (Å²) in [6, 6.07) is 22.4. The molecule has 0 bridgehead atoms. The fraction of sp³-hybridized carbons (Fsp3) is 0.538. The van der Waals surface area contributed by atoms with Gasteiger partial charge in [-0.1, -0.05) is 150 Å². The maximum absolute atomic E-state index is 13.8. The second kappa shape index (κ2) is 9.93. The molecule has 0 amide bonds. The van der Waals surface area contributed by atoms with Gasteiger partial charge in [-0.2, -0.15) is 0 Å². The van der Waals surface area contributed by atoms with E-state index >= 15 is 0 Å². The fourth-order valence-corrected chi connectivity index (χ4v) is 279. The minimum Gasteiger partial charge on any atom is -0.435 e. The van der Waals surface area contributed by atoms with Gasteiger partial charge in [-0.25, -0.2) is 0 Å². The second-order valence-electron chi connectivity index (χ2n) is 15.4. The number of benzene rings is 2. The molecule has 2 unspecified atom stereocenters. The van der Waals surface area contributed by atoms with Gasteiger partial charge in [0.2, 0.25) is 0 Å². The molecule has 2 rings (SSSR count). The SMILES string of the molecule is C[Si](C)(C)[Si](c1ccccc1)([Si](C)(C)C)[Si](C)(O)[Si](C)(O)[Si](c1ccccc1)([Si](C)(C)C)[Si](C)(C)C. The lowest BCUT2D eigenvalue weighted by Crippen LogP contribution is -3.04. The van der Waals surface area contributed by atoms with E-state index in [9.17, 15) is 9.59 Å². The normalized spacial score (nSPS) is 17.9. The highest BCUT2D eigenvalue weighted by Crippen LogP contribution is 2.45. The molecule has 2 atom stereocenters. The zero-order valence-corrected chi connectivity index (χ0v) is 33.7. The Morgan fingerprint density at radius 3 is 0.722 bits per heavy atom. The molecule has 36 heavy (non-hydrogen) atoms. The molecule has 0 aliphatic carbocycles. The minimum absolute atomic E-state index is 1.45. The molecular formula is C26H54O2Si8. The van der Waals surface area contributed by atoms with E-state index in [1.807, 2.05) is 0 Å². The van der Waals surface area contributed by atoms with E-state index in [-0.39, 0.29) is 0 Å². The lowest BCUT2D eigenvalue weighted by Gasteiger charge is -2.66. The highest BCUT2D eigenvalue weighted by molar-refractivity contribution is 8.12. The van der Waals surface area contributed by atoms with Crippen molar-refractivity contribution in [3.05, 3.63) is 60.7 Å². The maximum Gasteiger partial charge on any atom is 0.189 e. The summed E-state index contributed by atoms with van der Waals surface area (Å²) in [6.07, 6.45) is 0. The third-order valence-corrected chi connectivity index (χ3v) is 170. The average molecular weight is 623 g/mol. The van der Waals surface area contributed by atoms with E-state index in [1.165, 1.54) is 10.4 Å². The van der Waals surface area contributed by atoms with Gasteiger partial charge in [-0.05, 0) is 13.1 Å². The van der Waals surface area contributed by atoms with Crippen molar-refractivity contribution in [2.45, 2.75) is 91.7 Å². The number of rotatable bonds is 9. The predicted octanol–water partition coefficient (Wildman–Crippen LogP) is 5.74. The molecule has 2 aromatic carbocycles. The van der Waals surface area contributed by atoms with E-state index in [0.29, 0.717) is 0 Å². The van der Waals surface area contributed by atoms with E-state index in [4.69, 9.17) is 0 Å². The van der Waals surface area contributed by atoms with E-state index in [0.717, 1.165) is 0 Å². The third kappa shape index (κ3) is 4.50. The van der Waals surface area contributed by atoms with Crippen LogP contribution in [0.15, 0.2) is 60.7 Å². The van der Waals surface area contributed by atoms with Gasteiger partial charge in [0.15, 0.2) is 14.7 Å². The van der Waals surface area contributed by atoms with Gasteiger partial charge in [-0.15, -0.1) is 0 Å². The van der Waals surface area contributed by atoms with Crippen molar-refractivity contribution in [2.75, 3.05) is 0 Å². The summed E-state index contributed by atoms with van der Waals surface area (Å²) in [4.78, 5) is 27.5. The molecule has 0 saturated heterocycles. The molecule has 2 N–H and O–H groups in total. The van der Waals surface area contributed by atoms with Crippen molar-refractivity contribution in [3.8, 4) is 0 Å². The number of hydrogen-bond donors (Lipinski definition) is 2. The average Bonchev–Trinajstić information content (AvgIpc) is 2.65. The predicted molar refractivity (Wildman–Crippen MR) is 185 cm³/mol. The second-order valence-corrected chi connectivity index (χ2v) is 97.0. The zero-order valence-electron chi connectivity index (χ0n) is 25.7. The molecule has 0 aliphatic heterocycles. The first-order valence-electron chi connectivity index (χ1n) is 13.5. The summed E-state index contributed by atoms with van der Waals surface area (Å²) in [5, 5.41) is 2.91. The molecule has 0 heterocycles. The van der Waals surface area contributed by atoms with Crippen LogP contribution in [0.4, 0.5) is 0 Å². The van der Waals surface area contributed by atoms with Crippen molar-refractivity contribution in [3.63, 3.8) is 0 Å². The van der Waals surface area contributed by atoms with Gasteiger partial charge in [-0.3, -0.25) is 0 Å². The Bertz CT molecular complexity index is 915. The van der Waals surface area contributed by atoms with Crippen LogP contribution in [0.3, 0.4) is 0 Å². The summed E-state index contributed by atoms with van der Waals surface area (Å²) in [7, 11) is -14.0. The van der Waals surface area contributed by atoms with Gasteiger partial charge in [0, 0.05) is 30.4 Å². The van der Waals surface area contributed by atoms with Gasteiger partial charge in [0.05, 0.1) is 13.3 Å². The molecule has 10 heteroatoms. The molecule has 202 valence electrons. The summed E-state index contributed by atoms with van der Waals surface area (Å²) in [6.45, 7) is 30.1. The Morgan fingerprint density at radius 2 is 0.556 bits per heavy atom. The van der Waals surface area contributed by atoms with Crippen LogP contribution in [0.25, 0.3) is 0 Å². The van der Waals surface area contributed by atoms with Crippen molar-refractivity contribution >= 4 is 68.7 Å². The molecule has 2 nitrogen and oxygen atoms in total. The van der Waals surface area contributed by atoms with E-state index < -0.39 is 58.3 Å². The molecule has 0 radical (unpaired) electrons. The lowest BCUT2D eigenvalue weighted by molar-refractivity contribution is 0.539. The topological polar surface area (TPSA) is 40.5 Å².